The van der Waals surface area contributed by atoms with Crippen molar-refractivity contribution in [2.75, 3.05) is 11.4 Å². The van der Waals surface area contributed by atoms with Gasteiger partial charge in [0.25, 0.3) is 0 Å². The number of aromatic nitrogens is 1. The van der Waals surface area contributed by atoms with Gasteiger partial charge in [-0.25, -0.2) is 4.98 Å². The van der Waals surface area contributed by atoms with Gasteiger partial charge in [-0.1, -0.05) is 12.8 Å². The summed E-state index contributed by atoms with van der Waals surface area (Å²) in [6.45, 7) is 5.25. The van der Waals surface area contributed by atoms with Gasteiger partial charge in [-0.2, -0.15) is 0 Å². The van der Waals surface area contributed by atoms with Crippen LogP contribution in [-0.2, 0) is 0 Å². The first-order valence-corrected chi connectivity index (χ1v) is 6.70. The van der Waals surface area contributed by atoms with E-state index in [1.165, 1.54) is 31.2 Å². The Labute approximate surface area is 104 Å². The zero-order valence-electron chi connectivity index (χ0n) is 10.9. The van der Waals surface area contributed by atoms with Crippen molar-refractivity contribution in [1.82, 2.24) is 4.98 Å². The monoisotopic (exact) mass is 233 g/mol. The predicted octanol–water partition coefficient (Wildman–Crippen LogP) is 2.87. The van der Waals surface area contributed by atoms with Crippen molar-refractivity contribution >= 4 is 5.82 Å². The Morgan fingerprint density at radius 2 is 2.18 bits per heavy atom. The van der Waals surface area contributed by atoms with Crippen molar-refractivity contribution in [2.24, 2.45) is 5.73 Å². The van der Waals surface area contributed by atoms with E-state index in [-0.39, 0.29) is 6.04 Å². The standard InChI is InChI=1S/C14H23N3/c1-3-17(13-6-4-5-7-13)14-10-12(11(2)15)8-9-16-14/h8-11,13H,3-7,15H2,1-2H3/t11-/m1/s1. The fraction of sp³-hybridized carbons (Fsp3) is 0.643. The summed E-state index contributed by atoms with van der Waals surface area (Å²) in [7, 11) is 0. The van der Waals surface area contributed by atoms with Crippen LogP contribution in [0.1, 0.15) is 51.1 Å². The zero-order chi connectivity index (χ0) is 12.3. The largest absolute Gasteiger partial charge is 0.354 e. The molecule has 0 aromatic carbocycles. The van der Waals surface area contributed by atoms with Crippen LogP contribution in [-0.4, -0.2) is 17.6 Å². The lowest BCUT2D eigenvalue weighted by Crippen LogP contribution is -2.33. The van der Waals surface area contributed by atoms with Gasteiger partial charge in [-0.3, -0.25) is 0 Å². The Bertz CT molecular complexity index is 356. The molecule has 3 nitrogen and oxygen atoms in total. The minimum Gasteiger partial charge on any atom is -0.354 e. The number of anilines is 1. The highest BCUT2D eigenvalue weighted by Gasteiger charge is 2.22. The molecule has 1 fully saturated rings. The maximum absolute atomic E-state index is 5.93. The van der Waals surface area contributed by atoms with Gasteiger partial charge in [-0.15, -0.1) is 0 Å². The highest BCUT2D eigenvalue weighted by Crippen LogP contribution is 2.27. The van der Waals surface area contributed by atoms with Crippen molar-refractivity contribution in [3.8, 4) is 0 Å². The normalized spacial score (nSPS) is 18.3. The topological polar surface area (TPSA) is 42.1 Å². The average molecular weight is 233 g/mol. The first-order valence-electron chi connectivity index (χ1n) is 6.70. The van der Waals surface area contributed by atoms with Gasteiger partial charge in [0.1, 0.15) is 5.82 Å². The Kier molecular flexibility index (Phi) is 4.00. The minimum absolute atomic E-state index is 0.0824. The van der Waals surface area contributed by atoms with Gasteiger partial charge in [0.15, 0.2) is 0 Å². The molecule has 0 radical (unpaired) electrons. The molecule has 1 aliphatic rings. The molecule has 2 N–H and O–H groups in total. The fourth-order valence-electron chi connectivity index (χ4n) is 2.70. The third-order valence-electron chi connectivity index (χ3n) is 3.70. The molecule has 0 bridgehead atoms. The van der Waals surface area contributed by atoms with E-state index in [1.54, 1.807) is 0 Å². The molecule has 1 aromatic rings. The predicted molar refractivity (Wildman–Crippen MR) is 72.1 cm³/mol. The Morgan fingerprint density at radius 3 is 2.76 bits per heavy atom. The molecule has 2 rings (SSSR count). The van der Waals surface area contributed by atoms with Crippen LogP contribution in [0.15, 0.2) is 18.3 Å². The van der Waals surface area contributed by atoms with Gasteiger partial charge in [0.2, 0.25) is 0 Å². The maximum Gasteiger partial charge on any atom is 0.129 e. The van der Waals surface area contributed by atoms with Crippen molar-refractivity contribution in [3.63, 3.8) is 0 Å². The molecule has 1 saturated carbocycles. The summed E-state index contributed by atoms with van der Waals surface area (Å²) < 4.78 is 0. The number of nitrogens with zero attached hydrogens (tertiary/aromatic N) is 2. The van der Waals surface area contributed by atoms with E-state index in [1.807, 2.05) is 19.2 Å². The van der Waals surface area contributed by atoms with Gasteiger partial charge in [-0.05, 0) is 44.4 Å². The van der Waals surface area contributed by atoms with E-state index in [9.17, 15) is 0 Å². The van der Waals surface area contributed by atoms with Crippen LogP contribution in [0, 0.1) is 0 Å². The van der Waals surface area contributed by atoms with Crippen LogP contribution in [0.25, 0.3) is 0 Å². The Balaban J connectivity index is 2.20. The molecule has 17 heavy (non-hydrogen) atoms. The van der Waals surface area contributed by atoms with Crippen LogP contribution < -0.4 is 10.6 Å². The third kappa shape index (κ3) is 2.78. The number of pyridine rings is 1. The van der Waals surface area contributed by atoms with Crippen LogP contribution >= 0.6 is 0 Å². The number of hydrogen-bond donors (Lipinski definition) is 1. The molecular formula is C14H23N3. The second-order valence-corrected chi connectivity index (χ2v) is 4.96. The quantitative estimate of drug-likeness (QED) is 0.869. The van der Waals surface area contributed by atoms with Gasteiger partial charge >= 0.3 is 0 Å². The second kappa shape index (κ2) is 5.50. The first kappa shape index (κ1) is 12.4. The van der Waals surface area contributed by atoms with E-state index in [4.69, 9.17) is 5.73 Å². The minimum atomic E-state index is 0.0824. The molecule has 0 aliphatic heterocycles. The van der Waals surface area contributed by atoms with Crippen LogP contribution in [0.5, 0.6) is 0 Å². The van der Waals surface area contributed by atoms with E-state index >= 15 is 0 Å². The van der Waals surface area contributed by atoms with Crippen molar-refractivity contribution < 1.29 is 0 Å². The number of nitrogens with two attached hydrogens (primary N) is 1. The van der Waals surface area contributed by atoms with Gasteiger partial charge in [0.05, 0.1) is 0 Å². The first-order chi connectivity index (χ1) is 8.22. The molecule has 1 aliphatic carbocycles. The summed E-state index contributed by atoms with van der Waals surface area (Å²) in [6, 6.07) is 4.92. The lowest BCUT2D eigenvalue weighted by molar-refractivity contribution is 0.612. The molecule has 94 valence electrons. The summed E-state index contributed by atoms with van der Waals surface area (Å²) in [5, 5.41) is 0. The average Bonchev–Trinajstić information content (AvgIpc) is 2.84. The van der Waals surface area contributed by atoms with E-state index in [0.717, 1.165) is 12.4 Å². The van der Waals surface area contributed by atoms with Crippen LogP contribution in [0.2, 0.25) is 0 Å². The summed E-state index contributed by atoms with van der Waals surface area (Å²) >= 11 is 0. The molecule has 1 atom stereocenters. The summed E-state index contributed by atoms with van der Waals surface area (Å²) in [6.07, 6.45) is 7.20. The fourth-order valence-corrected chi connectivity index (χ4v) is 2.70. The lowest BCUT2D eigenvalue weighted by Gasteiger charge is -2.29. The molecule has 1 aromatic heterocycles. The lowest BCUT2D eigenvalue weighted by atomic mass is 10.1. The zero-order valence-corrected chi connectivity index (χ0v) is 10.9. The molecule has 0 amide bonds. The summed E-state index contributed by atoms with van der Waals surface area (Å²) in [4.78, 5) is 6.94. The number of rotatable bonds is 4. The van der Waals surface area contributed by atoms with Crippen LogP contribution in [0.4, 0.5) is 5.82 Å². The smallest absolute Gasteiger partial charge is 0.129 e. The SMILES string of the molecule is CCN(c1cc([C@@H](C)N)ccn1)C1CCCC1. The molecule has 0 spiro atoms. The Hall–Kier alpha value is -1.09. The Morgan fingerprint density at radius 1 is 1.47 bits per heavy atom. The highest BCUT2D eigenvalue weighted by atomic mass is 15.2. The maximum atomic E-state index is 5.93. The molecule has 3 heteroatoms. The summed E-state index contributed by atoms with van der Waals surface area (Å²) in [5.74, 6) is 1.09. The molecular weight excluding hydrogens is 210 g/mol. The molecule has 0 unspecified atom stereocenters. The van der Waals surface area contributed by atoms with E-state index in [2.05, 4.69) is 22.9 Å². The number of hydrogen-bond acceptors (Lipinski definition) is 3. The van der Waals surface area contributed by atoms with Crippen LogP contribution in [0.3, 0.4) is 0 Å². The van der Waals surface area contributed by atoms with Crippen molar-refractivity contribution in [2.45, 2.75) is 51.6 Å². The molecule has 1 heterocycles. The third-order valence-corrected chi connectivity index (χ3v) is 3.70. The molecule has 0 saturated heterocycles. The van der Waals surface area contributed by atoms with Crippen molar-refractivity contribution in [1.29, 1.82) is 0 Å². The summed E-state index contributed by atoms with van der Waals surface area (Å²) in [5.41, 5.74) is 7.10. The van der Waals surface area contributed by atoms with Crippen molar-refractivity contribution in [3.05, 3.63) is 23.9 Å². The van der Waals surface area contributed by atoms with E-state index < -0.39 is 0 Å². The van der Waals surface area contributed by atoms with Gasteiger partial charge < -0.3 is 10.6 Å². The van der Waals surface area contributed by atoms with Gasteiger partial charge in [0, 0.05) is 24.8 Å². The highest BCUT2D eigenvalue weighted by molar-refractivity contribution is 5.43. The second-order valence-electron chi connectivity index (χ2n) is 4.96. The van der Waals surface area contributed by atoms with E-state index in [0.29, 0.717) is 6.04 Å².